The van der Waals surface area contributed by atoms with E-state index in [2.05, 4.69) is 33.5 Å². The topological polar surface area (TPSA) is 94.6 Å². The zero-order chi connectivity index (χ0) is 22.8. The Morgan fingerprint density at radius 2 is 1.88 bits per heavy atom. The molecule has 2 fully saturated rings. The molecule has 1 atom stereocenters. The van der Waals surface area contributed by atoms with Gasteiger partial charge in [-0.2, -0.15) is 0 Å². The first kappa shape index (κ1) is 21.8. The molecule has 2 aliphatic heterocycles. The van der Waals surface area contributed by atoms with Crippen LogP contribution in [0.4, 0.5) is 11.5 Å². The van der Waals surface area contributed by atoms with Crippen LogP contribution in [-0.2, 0) is 9.59 Å². The summed E-state index contributed by atoms with van der Waals surface area (Å²) in [5.74, 6) is 0.317. The standard InChI is InChI=1S/C24H29N5O3/c1-15-12-16(2)22(26-14-15)28-8-10-29(11-9-28)24(32)20-5-4-18(13-21(20)27-17(3)30)19-6-7-25-23(19)31/h4-5,12-14,19H,6-11H2,1-3H3,(H,25,31)(H,27,30). The fourth-order valence-corrected chi connectivity index (χ4v) is 4.50. The summed E-state index contributed by atoms with van der Waals surface area (Å²) in [6.07, 6.45) is 2.58. The fraction of sp³-hybridized carbons (Fsp3) is 0.417. The molecule has 1 aromatic carbocycles. The van der Waals surface area contributed by atoms with Gasteiger partial charge in [-0.15, -0.1) is 0 Å². The van der Waals surface area contributed by atoms with Gasteiger partial charge in [-0.3, -0.25) is 14.4 Å². The fourth-order valence-electron chi connectivity index (χ4n) is 4.50. The number of hydrogen-bond donors (Lipinski definition) is 2. The molecule has 2 saturated heterocycles. The summed E-state index contributed by atoms with van der Waals surface area (Å²) in [4.78, 5) is 45.8. The van der Waals surface area contributed by atoms with Crippen molar-refractivity contribution in [2.45, 2.75) is 33.1 Å². The molecule has 3 amide bonds. The molecule has 2 aliphatic rings. The number of pyridine rings is 1. The number of hydrogen-bond acceptors (Lipinski definition) is 5. The van der Waals surface area contributed by atoms with Gasteiger partial charge in [-0.1, -0.05) is 12.1 Å². The molecule has 168 valence electrons. The molecule has 0 saturated carbocycles. The Bertz CT molecular complexity index is 1060. The lowest BCUT2D eigenvalue weighted by Gasteiger charge is -2.36. The average molecular weight is 436 g/mol. The normalized spacial score (nSPS) is 18.5. The van der Waals surface area contributed by atoms with Gasteiger partial charge in [0, 0.05) is 45.8 Å². The summed E-state index contributed by atoms with van der Waals surface area (Å²) in [6, 6.07) is 7.43. The van der Waals surface area contributed by atoms with Gasteiger partial charge in [0.1, 0.15) is 5.82 Å². The van der Waals surface area contributed by atoms with E-state index in [1.54, 1.807) is 12.1 Å². The molecule has 2 N–H and O–H groups in total. The predicted octanol–water partition coefficient (Wildman–Crippen LogP) is 2.22. The van der Waals surface area contributed by atoms with E-state index in [9.17, 15) is 14.4 Å². The number of aromatic nitrogens is 1. The number of benzene rings is 1. The van der Waals surface area contributed by atoms with Crippen molar-refractivity contribution in [3.8, 4) is 0 Å². The molecule has 0 spiro atoms. The first-order chi connectivity index (χ1) is 15.3. The van der Waals surface area contributed by atoms with Crippen molar-refractivity contribution in [3.05, 3.63) is 52.7 Å². The maximum atomic E-state index is 13.3. The molecule has 0 aliphatic carbocycles. The minimum absolute atomic E-state index is 0.0195. The van der Waals surface area contributed by atoms with Crippen LogP contribution in [0.25, 0.3) is 0 Å². The zero-order valence-electron chi connectivity index (χ0n) is 18.8. The lowest BCUT2D eigenvalue weighted by Crippen LogP contribution is -2.49. The molecule has 8 heteroatoms. The quantitative estimate of drug-likeness (QED) is 0.768. The van der Waals surface area contributed by atoms with E-state index in [1.165, 1.54) is 6.92 Å². The number of carbonyl (C=O) groups is 3. The third-order valence-corrected chi connectivity index (χ3v) is 6.09. The maximum Gasteiger partial charge on any atom is 0.256 e. The molecule has 32 heavy (non-hydrogen) atoms. The van der Waals surface area contributed by atoms with Crippen LogP contribution in [-0.4, -0.2) is 60.3 Å². The number of rotatable bonds is 4. The van der Waals surface area contributed by atoms with Crippen molar-refractivity contribution in [1.82, 2.24) is 15.2 Å². The van der Waals surface area contributed by atoms with Gasteiger partial charge in [0.25, 0.3) is 5.91 Å². The number of nitrogens with zero attached hydrogens (tertiary/aromatic N) is 3. The molecule has 0 bridgehead atoms. The van der Waals surface area contributed by atoms with Crippen molar-refractivity contribution in [3.63, 3.8) is 0 Å². The first-order valence-corrected chi connectivity index (χ1v) is 11.0. The van der Waals surface area contributed by atoms with E-state index in [0.717, 1.165) is 22.5 Å². The van der Waals surface area contributed by atoms with Crippen molar-refractivity contribution < 1.29 is 14.4 Å². The highest BCUT2D eigenvalue weighted by Crippen LogP contribution is 2.29. The Morgan fingerprint density at radius 3 is 2.50 bits per heavy atom. The molecule has 4 rings (SSSR count). The second-order valence-electron chi connectivity index (χ2n) is 8.55. The van der Waals surface area contributed by atoms with Crippen molar-refractivity contribution >= 4 is 29.2 Å². The average Bonchev–Trinajstić information content (AvgIpc) is 3.19. The molecular formula is C24H29N5O3. The van der Waals surface area contributed by atoms with Crippen LogP contribution in [0.5, 0.6) is 0 Å². The molecule has 8 nitrogen and oxygen atoms in total. The molecule has 2 aromatic rings. The number of aryl methyl sites for hydroxylation is 2. The van der Waals surface area contributed by atoms with Crippen molar-refractivity contribution in [2.75, 3.05) is 42.9 Å². The summed E-state index contributed by atoms with van der Waals surface area (Å²) >= 11 is 0. The van der Waals surface area contributed by atoms with E-state index in [-0.39, 0.29) is 23.6 Å². The summed E-state index contributed by atoms with van der Waals surface area (Å²) in [5.41, 5.74) is 3.97. The molecule has 3 heterocycles. The molecule has 1 unspecified atom stereocenters. The molecule has 1 aromatic heterocycles. The Morgan fingerprint density at radius 1 is 1.12 bits per heavy atom. The minimum atomic E-state index is -0.252. The van der Waals surface area contributed by atoms with Crippen LogP contribution >= 0.6 is 0 Å². The first-order valence-electron chi connectivity index (χ1n) is 11.0. The number of nitrogens with one attached hydrogen (secondary N) is 2. The van der Waals surface area contributed by atoms with Gasteiger partial charge in [0.2, 0.25) is 11.8 Å². The van der Waals surface area contributed by atoms with Gasteiger partial charge in [0.15, 0.2) is 0 Å². The summed E-state index contributed by atoms with van der Waals surface area (Å²) < 4.78 is 0. The van der Waals surface area contributed by atoms with E-state index < -0.39 is 0 Å². The second kappa shape index (κ2) is 8.98. The van der Waals surface area contributed by atoms with Crippen LogP contribution in [0.15, 0.2) is 30.5 Å². The molecular weight excluding hydrogens is 406 g/mol. The van der Waals surface area contributed by atoms with Gasteiger partial charge in [-0.25, -0.2) is 4.98 Å². The zero-order valence-corrected chi connectivity index (χ0v) is 18.8. The van der Waals surface area contributed by atoms with Crippen LogP contribution in [0.1, 0.15) is 46.3 Å². The maximum absolute atomic E-state index is 13.3. The van der Waals surface area contributed by atoms with Crippen LogP contribution < -0.4 is 15.5 Å². The lowest BCUT2D eigenvalue weighted by atomic mass is 9.95. The summed E-state index contributed by atoms with van der Waals surface area (Å²) in [7, 11) is 0. The predicted molar refractivity (Wildman–Crippen MR) is 123 cm³/mol. The van der Waals surface area contributed by atoms with Crippen molar-refractivity contribution in [1.29, 1.82) is 0 Å². The number of amides is 3. The van der Waals surface area contributed by atoms with Gasteiger partial charge in [-0.05, 0) is 49.1 Å². The van der Waals surface area contributed by atoms with Crippen molar-refractivity contribution in [2.24, 2.45) is 0 Å². The smallest absolute Gasteiger partial charge is 0.256 e. The van der Waals surface area contributed by atoms with Crippen LogP contribution in [0.3, 0.4) is 0 Å². The summed E-state index contributed by atoms with van der Waals surface area (Å²) in [6.45, 7) is 8.66. The minimum Gasteiger partial charge on any atom is -0.356 e. The second-order valence-corrected chi connectivity index (χ2v) is 8.55. The van der Waals surface area contributed by atoms with E-state index in [4.69, 9.17) is 0 Å². The van der Waals surface area contributed by atoms with E-state index in [0.29, 0.717) is 50.4 Å². The SMILES string of the molecule is CC(=O)Nc1cc(C2CCNC2=O)ccc1C(=O)N1CCN(c2ncc(C)cc2C)CC1. The monoisotopic (exact) mass is 435 g/mol. The molecule has 0 radical (unpaired) electrons. The van der Waals surface area contributed by atoms with Gasteiger partial charge in [0.05, 0.1) is 17.2 Å². The van der Waals surface area contributed by atoms with E-state index >= 15 is 0 Å². The highest BCUT2D eigenvalue weighted by Gasteiger charge is 2.29. The van der Waals surface area contributed by atoms with Gasteiger partial charge < -0.3 is 20.4 Å². The Balaban J connectivity index is 1.51. The number of anilines is 2. The number of carbonyl (C=O) groups excluding carboxylic acids is 3. The van der Waals surface area contributed by atoms with E-state index in [1.807, 2.05) is 24.1 Å². The Labute approximate surface area is 188 Å². The van der Waals surface area contributed by atoms with Gasteiger partial charge >= 0.3 is 0 Å². The Hall–Kier alpha value is -3.42. The summed E-state index contributed by atoms with van der Waals surface area (Å²) in [5, 5.41) is 5.61. The van der Waals surface area contributed by atoms with Crippen LogP contribution in [0, 0.1) is 13.8 Å². The number of piperazine rings is 1. The highest BCUT2D eigenvalue weighted by atomic mass is 16.2. The van der Waals surface area contributed by atoms with Crippen LogP contribution in [0.2, 0.25) is 0 Å². The Kier molecular flexibility index (Phi) is 6.12. The largest absolute Gasteiger partial charge is 0.356 e. The lowest BCUT2D eigenvalue weighted by molar-refractivity contribution is -0.120. The third-order valence-electron chi connectivity index (χ3n) is 6.09. The highest BCUT2D eigenvalue weighted by molar-refractivity contribution is 6.04. The third kappa shape index (κ3) is 4.44.